The third-order valence-corrected chi connectivity index (χ3v) is 3.06. The Morgan fingerprint density at radius 2 is 1.90 bits per heavy atom. The first-order chi connectivity index (χ1) is 8.86. The number of benzene rings is 1. The summed E-state index contributed by atoms with van der Waals surface area (Å²) >= 11 is 5.92. The number of anilines is 1. The zero-order valence-corrected chi connectivity index (χ0v) is 13.1. The Balaban J connectivity index is 0.00000361. The van der Waals surface area contributed by atoms with Crippen LogP contribution in [0.3, 0.4) is 0 Å². The van der Waals surface area contributed by atoms with Crippen LogP contribution in [0.25, 0.3) is 0 Å². The van der Waals surface area contributed by atoms with Gasteiger partial charge in [0.2, 0.25) is 5.91 Å². The molecule has 1 atom stereocenters. The number of nitrogens with one attached hydrogen (secondary N) is 2. The summed E-state index contributed by atoms with van der Waals surface area (Å²) in [4.78, 5) is 23.4. The molecular weight excluding hydrogens is 301 g/mol. The van der Waals surface area contributed by atoms with Crippen molar-refractivity contribution in [1.82, 2.24) is 5.32 Å². The summed E-state index contributed by atoms with van der Waals surface area (Å²) in [5, 5.41) is 5.47. The van der Waals surface area contributed by atoms with E-state index < -0.39 is 6.04 Å². The molecular formula is C13H19Cl2N3O2. The molecule has 0 aliphatic rings. The number of halogens is 2. The third kappa shape index (κ3) is 4.67. The standard InChI is InChI=1S/C13H18ClN3O2.ClH/c1-7(2)11(15)13(19)17-8-4-5-10(14)9(6-8)12(18)16-3;/h4-7,11H,15H2,1-3H3,(H,16,18)(H,17,19);1H. The number of carbonyl (C=O) groups excluding carboxylic acids is 2. The molecule has 1 rings (SSSR count). The molecule has 0 heterocycles. The lowest BCUT2D eigenvalue weighted by molar-refractivity contribution is -0.118. The molecule has 0 saturated heterocycles. The van der Waals surface area contributed by atoms with E-state index in [-0.39, 0.29) is 30.1 Å². The Bertz CT molecular complexity index is 493. The van der Waals surface area contributed by atoms with Crippen LogP contribution in [0.4, 0.5) is 5.69 Å². The van der Waals surface area contributed by atoms with Gasteiger partial charge in [-0.05, 0) is 24.1 Å². The van der Waals surface area contributed by atoms with E-state index in [1.54, 1.807) is 12.1 Å². The lowest BCUT2D eigenvalue weighted by Gasteiger charge is -2.16. The Labute approximate surface area is 129 Å². The highest BCUT2D eigenvalue weighted by atomic mass is 35.5. The summed E-state index contributed by atoms with van der Waals surface area (Å²) in [6.45, 7) is 3.73. The summed E-state index contributed by atoms with van der Waals surface area (Å²) in [5.41, 5.74) is 6.54. The number of hydrogen-bond acceptors (Lipinski definition) is 3. The minimum Gasteiger partial charge on any atom is -0.355 e. The molecule has 20 heavy (non-hydrogen) atoms. The van der Waals surface area contributed by atoms with Crippen LogP contribution in [-0.2, 0) is 4.79 Å². The maximum Gasteiger partial charge on any atom is 0.252 e. The van der Waals surface area contributed by atoms with Gasteiger partial charge in [0.15, 0.2) is 0 Å². The fourth-order valence-corrected chi connectivity index (χ4v) is 1.64. The van der Waals surface area contributed by atoms with Crippen LogP contribution in [-0.4, -0.2) is 24.9 Å². The quantitative estimate of drug-likeness (QED) is 0.794. The summed E-state index contributed by atoms with van der Waals surface area (Å²) in [6, 6.07) is 4.10. The summed E-state index contributed by atoms with van der Waals surface area (Å²) in [7, 11) is 1.51. The first kappa shape index (κ1) is 18.7. The van der Waals surface area contributed by atoms with Crippen LogP contribution in [0.15, 0.2) is 18.2 Å². The van der Waals surface area contributed by atoms with Gasteiger partial charge in [-0.25, -0.2) is 0 Å². The third-order valence-electron chi connectivity index (χ3n) is 2.73. The first-order valence-corrected chi connectivity index (χ1v) is 6.32. The summed E-state index contributed by atoms with van der Waals surface area (Å²) in [6.07, 6.45) is 0. The lowest BCUT2D eigenvalue weighted by Crippen LogP contribution is -2.39. The van der Waals surface area contributed by atoms with E-state index in [9.17, 15) is 9.59 Å². The summed E-state index contributed by atoms with van der Waals surface area (Å²) in [5.74, 6) is -0.569. The SMILES string of the molecule is CNC(=O)c1cc(NC(=O)C(N)C(C)C)ccc1Cl.Cl. The Morgan fingerprint density at radius 1 is 1.30 bits per heavy atom. The second-order valence-corrected chi connectivity index (χ2v) is 4.94. The van der Waals surface area contributed by atoms with Crippen LogP contribution in [0.2, 0.25) is 5.02 Å². The Hall–Kier alpha value is -1.30. The second-order valence-electron chi connectivity index (χ2n) is 4.53. The van der Waals surface area contributed by atoms with Crippen LogP contribution >= 0.6 is 24.0 Å². The van der Waals surface area contributed by atoms with Crippen LogP contribution in [0.1, 0.15) is 24.2 Å². The minimum atomic E-state index is -0.598. The van der Waals surface area contributed by atoms with Crippen LogP contribution in [0.5, 0.6) is 0 Å². The van der Waals surface area contributed by atoms with E-state index in [0.29, 0.717) is 16.3 Å². The molecule has 5 nitrogen and oxygen atoms in total. The van der Waals surface area contributed by atoms with Crippen molar-refractivity contribution in [3.05, 3.63) is 28.8 Å². The zero-order chi connectivity index (χ0) is 14.6. The van der Waals surface area contributed by atoms with E-state index in [1.165, 1.54) is 13.1 Å². The number of nitrogens with two attached hydrogens (primary N) is 1. The molecule has 1 aromatic carbocycles. The highest BCUT2D eigenvalue weighted by Crippen LogP contribution is 2.20. The number of carbonyl (C=O) groups is 2. The van der Waals surface area contributed by atoms with E-state index in [4.69, 9.17) is 17.3 Å². The Morgan fingerprint density at radius 3 is 2.40 bits per heavy atom. The summed E-state index contributed by atoms with van der Waals surface area (Å²) < 4.78 is 0. The highest BCUT2D eigenvalue weighted by Gasteiger charge is 2.18. The fraction of sp³-hybridized carbons (Fsp3) is 0.385. The van der Waals surface area contributed by atoms with Crippen LogP contribution < -0.4 is 16.4 Å². The van der Waals surface area contributed by atoms with Crippen molar-refractivity contribution >= 4 is 41.5 Å². The van der Waals surface area contributed by atoms with Crippen molar-refractivity contribution in [3.8, 4) is 0 Å². The normalized spacial score (nSPS) is 11.5. The predicted octanol–water partition coefficient (Wildman–Crippen LogP) is 2.04. The topological polar surface area (TPSA) is 84.2 Å². The molecule has 0 aliphatic carbocycles. The van der Waals surface area contributed by atoms with Gasteiger partial charge < -0.3 is 16.4 Å². The molecule has 0 radical (unpaired) electrons. The molecule has 2 amide bonds. The van der Waals surface area contributed by atoms with Crippen molar-refractivity contribution in [2.24, 2.45) is 11.7 Å². The van der Waals surface area contributed by atoms with Crippen molar-refractivity contribution in [3.63, 3.8) is 0 Å². The monoisotopic (exact) mass is 319 g/mol. The van der Waals surface area contributed by atoms with E-state index in [2.05, 4.69) is 10.6 Å². The molecule has 7 heteroatoms. The maximum absolute atomic E-state index is 11.8. The molecule has 112 valence electrons. The molecule has 0 aromatic heterocycles. The number of amides is 2. The molecule has 1 unspecified atom stereocenters. The molecule has 0 saturated carbocycles. The molecule has 0 bridgehead atoms. The smallest absolute Gasteiger partial charge is 0.252 e. The molecule has 0 spiro atoms. The highest BCUT2D eigenvalue weighted by molar-refractivity contribution is 6.34. The van der Waals surface area contributed by atoms with Crippen LogP contribution in [0, 0.1) is 5.92 Å². The van der Waals surface area contributed by atoms with Crippen molar-refractivity contribution < 1.29 is 9.59 Å². The Kier molecular flexibility index (Phi) is 7.57. The van der Waals surface area contributed by atoms with Gasteiger partial charge in [-0.15, -0.1) is 12.4 Å². The largest absolute Gasteiger partial charge is 0.355 e. The first-order valence-electron chi connectivity index (χ1n) is 5.95. The molecule has 0 aliphatic heterocycles. The van der Waals surface area contributed by atoms with Gasteiger partial charge >= 0.3 is 0 Å². The van der Waals surface area contributed by atoms with E-state index >= 15 is 0 Å². The fourth-order valence-electron chi connectivity index (χ4n) is 1.44. The number of rotatable bonds is 4. The van der Waals surface area contributed by atoms with Gasteiger partial charge in [-0.1, -0.05) is 25.4 Å². The van der Waals surface area contributed by atoms with Gasteiger partial charge in [0.25, 0.3) is 5.91 Å². The van der Waals surface area contributed by atoms with Gasteiger partial charge in [0, 0.05) is 12.7 Å². The van der Waals surface area contributed by atoms with Gasteiger partial charge in [-0.2, -0.15) is 0 Å². The average Bonchev–Trinajstić information content (AvgIpc) is 2.38. The van der Waals surface area contributed by atoms with Crippen molar-refractivity contribution in [2.75, 3.05) is 12.4 Å². The second kappa shape index (κ2) is 8.09. The molecule has 4 N–H and O–H groups in total. The lowest BCUT2D eigenvalue weighted by atomic mass is 10.0. The average molecular weight is 320 g/mol. The van der Waals surface area contributed by atoms with Gasteiger partial charge in [-0.3, -0.25) is 9.59 Å². The van der Waals surface area contributed by atoms with Crippen molar-refractivity contribution in [1.29, 1.82) is 0 Å². The van der Waals surface area contributed by atoms with Gasteiger partial charge in [0.1, 0.15) is 0 Å². The number of hydrogen-bond donors (Lipinski definition) is 3. The minimum absolute atomic E-state index is 0. The molecule has 1 aromatic rings. The maximum atomic E-state index is 11.8. The predicted molar refractivity (Wildman–Crippen MR) is 83.5 cm³/mol. The van der Waals surface area contributed by atoms with E-state index in [0.717, 1.165) is 0 Å². The van der Waals surface area contributed by atoms with Gasteiger partial charge in [0.05, 0.1) is 16.6 Å². The molecule has 0 fully saturated rings. The van der Waals surface area contributed by atoms with E-state index in [1.807, 2.05) is 13.8 Å². The van der Waals surface area contributed by atoms with Crippen molar-refractivity contribution in [2.45, 2.75) is 19.9 Å². The zero-order valence-electron chi connectivity index (χ0n) is 11.6.